The lowest BCUT2D eigenvalue weighted by Gasteiger charge is -2.02. The highest BCUT2D eigenvalue weighted by Crippen LogP contribution is 1.97. The van der Waals surface area contributed by atoms with Crippen LogP contribution in [-0.4, -0.2) is 18.0 Å². The van der Waals surface area contributed by atoms with E-state index in [-0.39, 0.29) is 13.1 Å². The molecule has 0 amide bonds. The van der Waals surface area contributed by atoms with Crippen LogP contribution in [0.2, 0.25) is 0 Å². The van der Waals surface area contributed by atoms with E-state index >= 15 is 0 Å². The van der Waals surface area contributed by atoms with Crippen LogP contribution in [0.5, 0.6) is 0 Å². The van der Waals surface area contributed by atoms with Crippen LogP contribution in [0.3, 0.4) is 0 Å². The van der Waals surface area contributed by atoms with Gasteiger partial charge in [-0.1, -0.05) is 0 Å². The summed E-state index contributed by atoms with van der Waals surface area (Å²) in [5.74, 6) is -0.433. The minimum atomic E-state index is -2.37. The lowest BCUT2D eigenvalue weighted by atomic mass is 10.3. The number of hydrogen-bond donors (Lipinski definition) is 1. The van der Waals surface area contributed by atoms with Crippen molar-refractivity contribution in [2.24, 2.45) is 0 Å². The maximum Gasteiger partial charge on any atom is 0.250 e. The molecule has 0 spiro atoms. The highest BCUT2D eigenvalue weighted by atomic mass is 19.3. The van der Waals surface area contributed by atoms with Crippen LogP contribution in [0.1, 0.15) is 5.69 Å². The fourth-order valence-corrected chi connectivity index (χ4v) is 0.820. The smallest absolute Gasteiger partial charge is 0.250 e. The highest BCUT2D eigenvalue weighted by Gasteiger charge is 2.01. The molecule has 1 N–H and O–H groups in total. The Bertz CT molecular complexity index is 248. The van der Waals surface area contributed by atoms with Gasteiger partial charge in [0.1, 0.15) is 5.82 Å². The number of pyridine rings is 1. The minimum Gasteiger partial charge on any atom is -0.306 e. The first-order chi connectivity index (χ1) is 6.18. The molecule has 13 heavy (non-hydrogen) atoms. The molecule has 0 fully saturated rings. The molecule has 0 unspecified atom stereocenters. The van der Waals surface area contributed by atoms with E-state index in [1.807, 2.05) is 0 Å². The maximum atomic E-state index is 12.3. The van der Waals surface area contributed by atoms with Gasteiger partial charge in [-0.25, -0.2) is 13.2 Å². The number of halogens is 3. The predicted octanol–water partition coefficient (Wildman–Crippen LogP) is 1.58. The van der Waals surface area contributed by atoms with Crippen LogP contribution in [0.4, 0.5) is 13.2 Å². The zero-order valence-electron chi connectivity index (χ0n) is 6.80. The van der Waals surface area contributed by atoms with Crippen LogP contribution >= 0.6 is 0 Å². The number of rotatable bonds is 4. The molecule has 72 valence electrons. The molecule has 0 bridgehead atoms. The molecule has 1 rings (SSSR count). The molecule has 0 aliphatic heterocycles. The van der Waals surface area contributed by atoms with E-state index in [0.717, 1.165) is 6.20 Å². The van der Waals surface area contributed by atoms with Gasteiger partial charge < -0.3 is 5.32 Å². The van der Waals surface area contributed by atoms with Crippen LogP contribution < -0.4 is 5.32 Å². The second kappa shape index (κ2) is 4.81. The SMILES string of the molecule is Fc1ccc(CNCC(F)F)nc1. The van der Waals surface area contributed by atoms with Crippen molar-refractivity contribution in [1.29, 1.82) is 0 Å². The highest BCUT2D eigenvalue weighted by molar-refractivity contribution is 5.04. The second-order valence-electron chi connectivity index (χ2n) is 2.49. The van der Waals surface area contributed by atoms with Crippen molar-refractivity contribution >= 4 is 0 Å². The monoisotopic (exact) mass is 190 g/mol. The van der Waals surface area contributed by atoms with Crippen LogP contribution in [0, 0.1) is 5.82 Å². The van der Waals surface area contributed by atoms with Gasteiger partial charge >= 0.3 is 0 Å². The molecule has 2 nitrogen and oxygen atoms in total. The Morgan fingerprint density at radius 3 is 2.69 bits per heavy atom. The largest absolute Gasteiger partial charge is 0.306 e. The minimum absolute atomic E-state index is 0.227. The van der Waals surface area contributed by atoms with Crippen LogP contribution in [0.15, 0.2) is 18.3 Å². The van der Waals surface area contributed by atoms with Crippen molar-refractivity contribution in [1.82, 2.24) is 10.3 Å². The van der Waals surface area contributed by atoms with Gasteiger partial charge in [0.25, 0.3) is 6.43 Å². The van der Waals surface area contributed by atoms with Gasteiger partial charge in [0.05, 0.1) is 18.4 Å². The summed E-state index contributed by atoms with van der Waals surface area (Å²) in [7, 11) is 0. The third-order valence-corrected chi connectivity index (χ3v) is 1.39. The molecule has 1 aromatic rings. The van der Waals surface area contributed by atoms with Gasteiger partial charge in [0, 0.05) is 6.54 Å². The summed E-state index contributed by atoms with van der Waals surface area (Å²) in [6.45, 7) is -0.149. The summed E-state index contributed by atoms with van der Waals surface area (Å²) < 4.78 is 35.7. The van der Waals surface area contributed by atoms with Gasteiger partial charge in [0.2, 0.25) is 0 Å². The van der Waals surface area contributed by atoms with Crippen molar-refractivity contribution in [2.75, 3.05) is 6.54 Å². The summed E-state index contributed by atoms with van der Waals surface area (Å²) in [4.78, 5) is 3.69. The summed E-state index contributed by atoms with van der Waals surface area (Å²) >= 11 is 0. The average molecular weight is 190 g/mol. The molecular formula is C8H9F3N2. The van der Waals surface area contributed by atoms with Crippen LogP contribution in [0.25, 0.3) is 0 Å². The summed E-state index contributed by atoms with van der Waals surface area (Å²) in [6, 6.07) is 2.69. The van der Waals surface area contributed by atoms with E-state index in [4.69, 9.17) is 0 Å². The number of nitrogens with one attached hydrogen (secondary N) is 1. The molecule has 1 heterocycles. The second-order valence-corrected chi connectivity index (χ2v) is 2.49. The first-order valence-electron chi connectivity index (χ1n) is 3.78. The fraction of sp³-hybridized carbons (Fsp3) is 0.375. The molecule has 0 radical (unpaired) electrons. The molecule has 0 atom stereocenters. The first kappa shape index (κ1) is 9.98. The Labute approximate surface area is 73.8 Å². The van der Waals surface area contributed by atoms with Gasteiger partial charge in [-0.15, -0.1) is 0 Å². The molecule has 0 aliphatic carbocycles. The molecule has 0 aliphatic rings. The van der Waals surface area contributed by atoms with E-state index in [1.165, 1.54) is 12.1 Å². The van der Waals surface area contributed by atoms with E-state index in [1.54, 1.807) is 0 Å². The Kier molecular flexibility index (Phi) is 3.70. The van der Waals surface area contributed by atoms with E-state index in [0.29, 0.717) is 5.69 Å². The maximum absolute atomic E-state index is 12.3. The normalized spacial score (nSPS) is 10.8. The number of aromatic nitrogens is 1. The zero-order valence-corrected chi connectivity index (χ0v) is 6.80. The molecule has 0 aromatic carbocycles. The lowest BCUT2D eigenvalue weighted by Crippen LogP contribution is -2.21. The number of alkyl halides is 2. The zero-order chi connectivity index (χ0) is 9.68. The van der Waals surface area contributed by atoms with E-state index in [2.05, 4.69) is 10.3 Å². The van der Waals surface area contributed by atoms with Gasteiger partial charge in [-0.3, -0.25) is 4.98 Å². The standard InChI is InChI=1S/C8H9F3N2/c9-6-1-2-7(13-3-6)4-12-5-8(10)11/h1-3,8,12H,4-5H2. The summed E-state index contributed by atoms with van der Waals surface area (Å²) in [5.41, 5.74) is 0.544. The Morgan fingerprint density at radius 1 is 1.38 bits per heavy atom. The van der Waals surface area contributed by atoms with E-state index in [9.17, 15) is 13.2 Å². The molecule has 0 saturated carbocycles. The van der Waals surface area contributed by atoms with Crippen molar-refractivity contribution in [2.45, 2.75) is 13.0 Å². The first-order valence-corrected chi connectivity index (χ1v) is 3.78. The molecule has 1 aromatic heterocycles. The van der Waals surface area contributed by atoms with Gasteiger partial charge in [-0.2, -0.15) is 0 Å². The van der Waals surface area contributed by atoms with Crippen molar-refractivity contribution in [3.8, 4) is 0 Å². The summed E-state index contributed by atoms with van der Waals surface area (Å²) in [5, 5.41) is 2.49. The van der Waals surface area contributed by atoms with Crippen LogP contribution in [-0.2, 0) is 6.54 Å². The third kappa shape index (κ3) is 3.89. The number of nitrogens with zero attached hydrogens (tertiary/aromatic N) is 1. The predicted molar refractivity (Wildman–Crippen MR) is 41.9 cm³/mol. The average Bonchev–Trinajstić information content (AvgIpc) is 2.08. The Balaban J connectivity index is 2.33. The van der Waals surface area contributed by atoms with Crippen molar-refractivity contribution in [3.05, 3.63) is 29.8 Å². The van der Waals surface area contributed by atoms with E-state index < -0.39 is 12.2 Å². The Morgan fingerprint density at radius 2 is 2.15 bits per heavy atom. The van der Waals surface area contributed by atoms with Gasteiger partial charge in [0.15, 0.2) is 0 Å². The topological polar surface area (TPSA) is 24.9 Å². The number of hydrogen-bond acceptors (Lipinski definition) is 2. The quantitative estimate of drug-likeness (QED) is 0.779. The molecule has 5 heteroatoms. The summed E-state index contributed by atoms with van der Waals surface area (Å²) in [6.07, 6.45) is -1.32. The third-order valence-electron chi connectivity index (χ3n) is 1.39. The van der Waals surface area contributed by atoms with Crippen molar-refractivity contribution in [3.63, 3.8) is 0 Å². The molecule has 0 saturated heterocycles. The van der Waals surface area contributed by atoms with Crippen molar-refractivity contribution < 1.29 is 13.2 Å². The fourth-order valence-electron chi connectivity index (χ4n) is 0.820. The van der Waals surface area contributed by atoms with Gasteiger partial charge in [-0.05, 0) is 12.1 Å². The molecular weight excluding hydrogens is 181 g/mol. The lowest BCUT2D eigenvalue weighted by molar-refractivity contribution is 0.145. The Hall–Kier alpha value is -1.10.